The maximum atomic E-state index is 16.0. The van der Waals surface area contributed by atoms with Gasteiger partial charge in [-0.1, -0.05) is 93.6 Å². The van der Waals surface area contributed by atoms with Crippen LogP contribution in [0.4, 0.5) is 0 Å². The Morgan fingerprint density at radius 3 is 2.03 bits per heavy atom. The third kappa shape index (κ3) is 10.9. The number of Topliss-reactive ketones (excluding diaryl/α,β-unsaturated/α-hetero) is 1. The third-order valence-corrected chi connectivity index (χ3v) is 21.1. The number of aromatic hydroxyl groups is 1. The van der Waals surface area contributed by atoms with E-state index in [1.54, 1.807) is 78.9 Å². The lowest BCUT2D eigenvalue weighted by molar-refractivity contribution is -0.346. The number of carbonyl (C=O) groups is 8. The summed E-state index contributed by atoms with van der Waals surface area (Å²) in [5.41, 5.74) is -6.54. The summed E-state index contributed by atoms with van der Waals surface area (Å²) in [5.74, 6) is -9.07. The van der Waals surface area contributed by atoms with Crippen LogP contribution >= 0.6 is 0 Å². The summed E-state index contributed by atoms with van der Waals surface area (Å²) >= 11 is 0. The van der Waals surface area contributed by atoms with Gasteiger partial charge in [-0.25, -0.2) is 9.59 Å². The van der Waals surface area contributed by atoms with Gasteiger partial charge in [-0.15, -0.1) is 0 Å². The number of ketones is 1. The molecule has 4 saturated carbocycles. The van der Waals surface area contributed by atoms with Crippen molar-refractivity contribution in [1.82, 2.24) is 5.32 Å². The van der Waals surface area contributed by atoms with E-state index in [2.05, 4.69) is 5.32 Å². The second kappa shape index (κ2) is 23.9. The molecule has 0 radical (unpaired) electrons. The van der Waals surface area contributed by atoms with Crippen molar-refractivity contribution in [3.05, 3.63) is 148 Å². The predicted molar refractivity (Wildman–Crippen MR) is 315 cm³/mol. The van der Waals surface area contributed by atoms with E-state index in [1.165, 1.54) is 52.0 Å². The fraction of sp³-hybridized carbons (Fsp3) is 0.507. The van der Waals surface area contributed by atoms with Gasteiger partial charge in [0, 0.05) is 49.0 Å². The minimum Gasteiger partial charge on any atom is -0.508 e. The number of fused-ring (bicyclic) bond motifs is 10. The highest BCUT2D eigenvalue weighted by Gasteiger charge is 2.78. The number of phenolic OH excluding ortho intramolecular Hbond substituents is 1. The van der Waals surface area contributed by atoms with Crippen molar-refractivity contribution >= 4 is 47.5 Å². The molecule has 472 valence electrons. The number of carbonyl (C=O) groups excluding carboxylic acids is 8. The van der Waals surface area contributed by atoms with E-state index in [-0.39, 0.29) is 64.4 Å². The van der Waals surface area contributed by atoms with Crippen LogP contribution in [0.2, 0.25) is 0 Å². The molecule has 1 amide bonds. The molecule has 7 aliphatic rings. The summed E-state index contributed by atoms with van der Waals surface area (Å²) < 4.78 is 43.7. The van der Waals surface area contributed by atoms with Crippen molar-refractivity contribution in [3.63, 3.8) is 0 Å². The summed E-state index contributed by atoms with van der Waals surface area (Å²) in [6, 6.07) is 27.6. The average Bonchev–Trinajstić information content (AvgIpc) is 1.32. The number of ether oxygens (including phenoxy) is 7. The first-order valence-electron chi connectivity index (χ1n) is 30.6. The van der Waals surface area contributed by atoms with Crippen LogP contribution in [0, 0.1) is 34.0 Å². The van der Waals surface area contributed by atoms with Gasteiger partial charge < -0.3 is 58.9 Å². The van der Waals surface area contributed by atoms with Crippen LogP contribution in [0.3, 0.4) is 0 Å². The number of nitrogens with one attached hydrogen (secondary N) is 1. The largest absolute Gasteiger partial charge is 0.508 e. The minimum atomic E-state index is -2.53. The second-order valence-corrected chi connectivity index (χ2v) is 26.4. The lowest BCUT2D eigenvalue weighted by Gasteiger charge is -2.67. The summed E-state index contributed by atoms with van der Waals surface area (Å²) in [6.07, 6.45) is -10.5. The van der Waals surface area contributed by atoms with Crippen LogP contribution in [0.1, 0.15) is 149 Å². The highest BCUT2D eigenvalue weighted by Crippen LogP contribution is 2.65. The lowest BCUT2D eigenvalue weighted by Crippen LogP contribution is -2.82. The van der Waals surface area contributed by atoms with E-state index in [4.69, 9.17) is 33.2 Å². The first kappa shape index (κ1) is 62.8. The van der Waals surface area contributed by atoms with Crippen LogP contribution in [-0.4, -0.2) is 135 Å². The quantitative estimate of drug-likeness (QED) is 0.0446. The standard InChI is InChI=1S/C69H77NO19/c1-36-47(34-69(82)61(88-63(80)41-21-15-10-16-22-41)59-67(7,50(75)32-51-68(59,35-83-51)89-38(3)72)60(78)57(84-37(2)71)55(36)65(69,4)5)86-64(81)58(56(39-17-11-8-12-18-39)70-62(79)40-19-13-9-14-20-40)87-53(77)30-29-52(76)85-48-33-66(6)46(27-28-49(66)74)45-25-23-42-31-43(73)24-26-44(42)54(45)48/h8-22,24,26,31,45-51,54,56-59,61,73-75,82H,23,25,27-30,32-35H2,1-7H3,(H,70,79)/t45?,46?,47-,48+,49-,50-,51+,54?,56-,57+,58+,59?,61-,66-,67+,68-,69+/m0/s1. The summed E-state index contributed by atoms with van der Waals surface area (Å²) in [6.45, 7) is 9.80. The summed E-state index contributed by atoms with van der Waals surface area (Å²) in [5, 5.41) is 51.2. The Balaban J connectivity index is 0.967. The normalized spacial score (nSPS) is 33.6. The smallest absolute Gasteiger partial charge is 0.350 e. The van der Waals surface area contributed by atoms with Crippen LogP contribution < -0.4 is 5.32 Å². The summed E-state index contributed by atoms with van der Waals surface area (Å²) in [4.78, 5) is 116. The molecule has 17 atom stereocenters. The maximum Gasteiger partial charge on any atom is 0.350 e. The van der Waals surface area contributed by atoms with E-state index in [0.29, 0.717) is 19.3 Å². The Hall–Kier alpha value is -7.78. The van der Waals surface area contributed by atoms with E-state index in [1.807, 2.05) is 13.0 Å². The van der Waals surface area contributed by atoms with Gasteiger partial charge in [0.2, 0.25) is 6.10 Å². The SMILES string of the molecule is CC(=O)O[C@H]1C(=O)[C@@]2(C)C([C@H](OC(=O)c3ccccc3)[C@]3(O)C[C@H](OC(=O)[C@H](OC(=O)CCC(=O)O[C@@H]4C[C@@]5(C)C(CC[C@@H]5O)C5CCc6cc(O)ccc6C54)[C@@H](NC(=O)c4ccccc4)c4ccccc4)C(C)=C1C3(C)C)[C@]1(OC(C)=O)CO[C@@H]1C[C@@H]2O. The van der Waals surface area contributed by atoms with Crippen molar-refractivity contribution in [3.8, 4) is 5.75 Å². The van der Waals surface area contributed by atoms with Gasteiger partial charge in [0.15, 0.2) is 17.5 Å². The van der Waals surface area contributed by atoms with Gasteiger partial charge >= 0.3 is 35.8 Å². The van der Waals surface area contributed by atoms with Gasteiger partial charge in [-0.05, 0) is 122 Å². The van der Waals surface area contributed by atoms with Crippen molar-refractivity contribution in [2.45, 2.75) is 178 Å². The number of aryl methyl sites for hydroxylation is 1. The summed E-state index contributed by atoms with van der Waals surface area (Å²) in [7, 11) is 0. The van der Waals surface area contributed by atoms with Crippen LogP contribution in [0.15, 0.2) is 120 Å². The molecule has 1 aliphatic heterocycles. The van der Waals surface area contributed by atoms with E-state index < -0.39 is 155 Å². The molecule has 4 aromatic carbocycles. The Morgan fingerprint density at radius 2 is 1.39 bits per heavy atom. The van der Waals surface area contributed by atoms with Gasteiger partial charge in [0.05, 0.1) is 48.6 Å². The van der Waals surface area contributed by atoms with Crippen molar-refractivity contribution < 1.29 is 91.9 Å². The first-order valence-corrected chi connectivity index (χ1v) is 30.6. The number of hydrogen-bond donors (Lipinski definition) is 5. The number of rotatable bonds is 15. The molecule has 0 spiro atoms. The fourth-order valence-corrected chi connectivity index (χ4v) is 16.6. The monoisotopic (exact) mass is 1220 g/mol. The lowest BCUT2D eigenvalue weighted by atomic mass is 9.44. The van der Waals surface area contributed by atoms with E-state index in [9.17, 15) is 49.2 Å². The number of hydrogen-bond acceptors (Lipinski definition) is 19. The number of benzene rings is 4. The third-order valence-electron chi connectivity index (χ3n) is 21.1. The van der Waals surface area contributed by atoms with Crippen molar-refractivity contribution in [1.29, 1.82) is 0 Å². The molecule has 0 aromatic heterocycles. The van der Waals surface area contributed by atoms with Gasteiger partial charge in [-0.2, -0.15) is 0 Å². The van der Waals surface area contributed by atoms with Crippen molar-refractivity contribution in [2.75, 3.05) is 6.61 Å². The highest BCUT2D eigenvalue weighted by atomic mass is 16.6. The topological polar surface area (TPSA) is 294 Å². The minimum absolute atomic E-state index is 0.0187. The molecule has 1 heterocycles. The Bertz CT molecular complexity index is 3480. The molecular weight excluding hydrogens is 1150 g/mol. The van der Waals surface area contributed by atoms with Gasteiger partial charge in [-0.3, -0.25) is 28.8 Å². The Labute approximate surface area is 515 Å². The number of esters is 6. The molecule has 4 unspecified atom stereocenters. The zero-order valence-electron chi connectivity index (χ0n) is 50.9. The molecular formula is C69H77NO19. The van der Waals surface area contributed by atoms with E-state index in [0.717, 1.165) is 37.8 Å². The van der Waals surface area contributed by atoms with Crippen LogP contribution in [0.5, 0.6) is 5.75 Å². The van der Waals surface area contributed by atoms with Crippen LogP contribution in [0.25, 0.3) is 0 Å². The Morgan fingerprint density at radius 1 is 0.742 bits per heavy atom. The average molecular weight is 1220 g/mol. The number of phenols is 1. The zero-order chi connectivity index (χ0) is 63.7. The molecule has 1 saturated heterocycles. The second-order valence-electron chi connectivity index (χ2n) is 26.4. The molecule has 6 aliphatic carbocycles. The first-order chi connectivity index (χ1) is 42.2. The zero-order valence-corrected chi connectivity index (χ0v) is 50.9. The maximum absolute atomic E-state index is 16.0. The van der Waals surface area contributed by atoms with Crippen LogP contribution in [-0.2, 0) is 68.3 Å². The molecule has 5 N–H and O–H groups in total. The molecule has 5 fully saturated rings. The van der Waals surface area contributed by atoms with Gasteiger partial charge in [0.1, 0.15) is 41.8 Å². The molecule has 89 heavy (non-hydrogen) atoms. The van der Waals surface area contributed by atoms with Gasteiger partial charge in [0.25, 0.3) is 5.91 Å². The van der Waals surface area contributed by atoms with Crippen molar-refractivity contribution in [2.24, 2.45) is 34.0 Å². The van der Waals surface area contributed by atoms with E-state index >= 15 is 9.59 Å². The Kier molecular flexibility index (Phi) is 16.8. The molecule has 11 rings (SSSR count). The fourth-order valence-electron chi connectivity index (χ4n) is 16.6. The predicted octanol–water partition coefficient (Wildman–Crippen LogP) is 7.21. The molecule has 2 bridgehead atoms. The molecule has 20 nitrogen and oxygen atoms in total. The number of aliphatic hydroxyl groups excluding tert-OH is 2. The molecule has 20 heteroatoms. The highest BCUT2D eigenvalue weighted by molar-refractivity contribution is 5.96. The number of aliphatic hydroxyl groups is 3. The number of amides is 1. The molecule has 4 aromatic rings.